The summed E-state index contributed by atoms with van der Waals surface area (Å²) >= 11 is 0. The molecule has 0 spiro atoms. The van der Waals surface area contributed by atoms with Crippen molar-refractivity contribution >= 4 is 71.2 Å². The minimum atomic E-state index is -4.68. The van der Waals surface area contributed by atoms with Crippen molar-refractivity contribution in [2.45, 2.75) is 23.1 Å². The molecule has 5 N–H and O–H groups in total. The Morgan fingerprint density at radius 2 is 1.48 bits per heavy atom. The Kier molecular flexibility index (Phi) is 9.07. The largest absolute Gasteiger partial charge is 0.505 e. The predicted molar refractivity (Wildman–Crippen MR) is 164 cm³/mol. The van der Waals surface area contributed by atoms with E-state index in [0.717, 1.165) is 30.5 Å². The number of nitrogens with zero attached hydrogens (tertiary/aromatic N) is 3. The van der Waals surface area contributed by atoms with Crippen LogP contribution in [0.1, 0.15) is 39.6 Å². The molecule has 46 heavy (non-hydrogen) atoms. The molecule has 0 unspecified atom stereocenters. The van der Waals surface area contributed by atoms with Gasteiger partial charge in [-0.2, -0.15) is 5.26 Å². The molecule has 0 aromatic heterocycles. The first-order chi connectivity index (χ1) is 21.5. The van der Waals surface area contributed by atoms with Gasteiger partial charge in [0.1, 0.15) is 17.5 Å². The molecular formula is C29H23N5O10S2. The average Bonchev–Trinajstić information content (AvgIpc) is 3.00. The van der Waals surface area contributed by atoms with Crippen LogP contribution < -0.4 is 10.0 Å². The normalized spacial score (nSPS) is 11.7. The van der Waals surface area contributed by atoms with E-state index in [0.29, 0.717) is 0 Å². The summed E-state index contributed by atoms with van der Waals surface area (Å²) in [7, 11) is -8.33. The molecule has 0 saturated heterocycles. The molecule has 0 saturated carbocycles. The zero-order valence-electron chi connectivity index (χ0n) is 23.8. The summed E-state index contributed by atoms with van der Waals surface area (Å²) in [5.41, 5.74) is -1.85. The maximum Gasteiger partial charge on any atom is 0.335 e. The highest BCUT2D eigenvalue weighted by Crippen LogP contribution is 2.44. The number of aromatic hydroxyl groups is 1. The molecule has 4 aromatic rings. The van der Waals surface area contributed by atoms with E-state index in [2.05, 4.69) is 20.3 Å². The fraction of sp³-hybridized carbons (Fsp3) is 0.103. The molecule has 15 nitrogen and oxygen atoms in total. The number of carboxylic acid groups (broad SMARTS) is 2. The number of carboxylic acids is 2. The standard InChI is InChI=1S/C29H23N5O10S2/c1-3-25(35)31-24-13-23(33-32-21-8-7-18(45(2,41)42)12-17(21)14-30)26-20(27(24)36)5-4-6-22(26)34-46(43,44)19-10-15(28(37)38)9-16(11-19)29(39)40/h4-13,34,36H,3H2,1-2H3,(H,31,35)(H,37,38)(H,39,40)/b33-32+. The molecule has 0 aliphatic heterocycles. The van der Waals surface area contributed by atoms with Gasteiger partial charge in [0, 0.05) is 23.4 Å². The van der Waals surface area contributed by atoms with Crippen LogP contribution in [0.5, 0.6) is 5.75 Å². The monoisotopic (exact) mass is 665 g/mol. The lowest BCUT2D eigenvalue weighted by molar-refractivity contribution is -0.115. The fourth-order valence-corrected chi connectivity index (χ4v) is 5.97. The summed E-state index contributed by atoms with van der Waals surface area (Å²) in [4.78, 5) is 34.5. The zero-order chi connectivity index (χ0) is 34.0. The van der Waals surface area contributed by atoms with Gasteiger partial charge in [-0.25, -0.2) is 26.4 Å². The van der Waals surface area contributed by atoms with Crippen LogP contribution in [0.15, 0.2) is 80.7 Å². The molecule has 4 aromatic carbocycles. The first-order valence-corrected chi connectivity index (χ1v) is 16.3. The van der Waals surface area contributed by atoms with Crippen molar-refractivity contribution in [2.75, 3.05) is 16.3 Å². The van der Waals surface area contributed by atoms with Crippen molar-refractivity contribution in [3.05, 3.63) is 77.4 Å². The molecule has 0 aliphatic rings. The number of anilines is 2. The molecule has 0 atom stereocenters. The van der Waals surface area contributed by atoms with Crippen LogP contribution in [-0.2, 0) is 24.7 Å². The number of amides is 1. The smallest absolute Gasteiger partial charge is 0.335 e. The molecule has 0 fully saturated rings. The van der Waals surface area contributed by atoms with E-state index in [1.165, 1.54) is 36.4 Å². The highest BCUT2D eigenvalue weighted by atomic mass is 32.2. The minimum Gasteiger partial charge on any atom is -0.505 e. The predicted octanol–water partition coefficient (Wildman–Crippen LogP) is 4.78. The highest BCUT2D eigenvalue weighted by Gasteiger charge is 2.23. The number of carbonyl (C=O) groups excluding carboxylic acids is 1. The van der Waals surface area contributed by atoms with Crippen molar-refractivity contribution in [2.24, 2.45) is 10.2 Å². The summed E-state index contributed by atoms with van der Waals surface area (Å²) in [5.74, 6) is -4.08. The Morgan fingerprint density at radius 3 is 2.04 bits per heavy atom. The number of hydrogen-bond acceptors (Lipinski definition) is 11. The topological polar surface area (TPSA) is 253 Å². The minimum absolute atomic E-state index is 0.0125. The molecule has 236 valence electrons. The molecule has 17 heteroatoms. The number of fused-ring (bicyclic) bond motifs is 1. The number of aromatic carboxylic acids is 2. The van der Waals surface area contributed by atoms with E-state index < -0.39 is 59.5 Å². The summed E-state index contributed by atoms with van der Waals surface area (Å²) in [6.07, 6.45) is 1.00. The number of carbonyl (C=O) groups is 3. The van der Waals surface area contributed by atoms with Crippen LogP contribution in [0.2, 0.25) is 0 Å². The Balaban J connectivity index is 1.94. The number of sulfonamides is 1. The SMILES string of the molecule is CCC(=O)Nc1cc(/N=N/c2ccc(S(C)(=O)=O)cc2C#N)c2c(NS(=O)(=O)c3cc(C(=O)O)cc(C(=O)O)c3)cccc2c1O. The first kappa shape index (κ1) is 33.0. The van der Waals surface area contributed by atoms with Gasteiger partial charge in [-0.1, -0.05) is 19.1 Å². The van der Waals surface area contributed by atoms with Crippen molar-refractivity contribution in [1.82, 2.24) is 0 Å². The third-order valence-electron chi connectivity index (χ3n) is 6.44. The van der Waals surface area contributed by atoms with Gasteiger partial charge in [0.05, 0.1) is 43.5 Å². The van der Waals surface area contributed by atoms with Crippen LogP contribution in [0, 0.1) is 11.3 Å². The second kappa shape index (κ2) is 12.6. The molecule has 0 radical (unpaired) electrons. The van der Waals surface area contributed by atoms with E-state index >= 15 is 0 Å². The molecule has 0 aliphatic carbocycles. The second-order valence-corrected chi connectivity index (χ2v) is 13.3. The van der Waals surface area contributed by atoms with Gasteiger partial charge in [-0.05, 0) is 48.5 Å². The van der Waals surface area contributed by atoms with Gasteiger partial charge < -0.3 is 20.6 Å². The van der Waals surface area contributed by atoms with Gasteiger partial charge in [-0.3, -0.25) is 9.52 Å². The third kappa shape index (κ3) is 6.93. The first-order valence-electron chi connectivity index (χ1n) is 12.9. The number of rotatable bonds is 10. The van der Waals surface area contributed by atoms with Crippen molar-refractivity contribution in [3.63, 3.8) is 0 Å². The fourth-order valence-electron chi connectivity index (χ4n) is 4.18. The Labute approximate surface area is 261 Å². The lowest BCUT2D eigenvalue weighted by Gasteiger charge is -2.16. The van der Waals surface area contributed by atoms with E-state index in [4.69, 9.17) is 0 Å². The van der Waals surface area contributed by atoms with Gasteiger partial charge >= 0.3 is 11.9 Å². The Morgan fingerprint density at radius 1 is 0.848 bits per heavy atom. The quantitative estimate of drug-likeness (QED) is 0.114. The number of azo groups is 1. The summed E-state index contributed by atoms with van der Waals surface area (Å²) in [6.45, 7) is 1.57. The summed E-state index contributed by atoms with van der Waals surface area (Å²) < 4.78 is 53.1. The number of hydrogen-bond donors (Lipinski definition) is 5. The van der Waals surface area contributed by atoms with Crippen molar-refractivity contribution in [1.29, 1.82) is 5.26 Å². The van der Waals surface area contributed by atoms with Crippen LogP contribution in [0.4, 0.5) is 22.7 Å². The van der Waals surface area contributed by atoms with Crippen LogP contribution in [-0.4, -0.2) is 56.3 Å². The summed E-state index contributed by atoms with van der Waals surface area (Å²) in [6, 6.07) is 12.9. The van der Waals surface area contributed by atoms with E-state index in [9.17, 15) is 51.8 Å². The number of benzene rings is 4. The number of phenolic OH excluding ortho intramolecular Hbond substituents is 1. The van der Waals surface area contributed by atoms with E-state index in [-0.39, 0.29) is 50.4 Å². The lowest BCUT2D eigenvalue weighted by atomic mass is 10.0. The van der Waals surface area contributed by atoms with Crippen molar-refractivity contribution < 1.29 is 46.5 Å². The van der Waals surface area contributed by atoms with Crippen molar-refractivity contribution in [3.8, 4) is 11.8 Å². The molecular weight excluding hydrogens is 642 g/mol. The molecule has 1 amide bonds. The van der Waals surface area contributed by atoms with Gasteiger partial charge in [0.25, 0.3) is 10.0 Å². The van der Waals surface area contributed by atoms with Gasteiger partial charge in [0.15, 0.2) is 9.84 Å². The van der Waals surface area contributed by atoms with Gasteiger partial charge in [-0.15, -0.1) is 10.2 Å². The Hall–Kier alpha value is -5.86. The molecule has 0 heterocycles. The summed E-state index contributed by atoms with van der Waals surface area (Å²) in [5, 5.41) is 50.1. The lowest BCUT2D eigenvalue weighted by Crippen LogP contribution is -2.15. The number of phenols is 1. The van der Waals surface area contributed by atoms with Crippen LogP contribution in [0.25, 0.3) is 10.8 Å². The van der Waals surface area contributed by atoms with Crippen LogP contribution in [0.3, 0.4) is 0 Å². The number of sulfone groups is 1. The number of nitrogens with one attached hydrogen (secondary N) is 2. The second-order valence-electron chi connectivity index (χ2n) is 9.65. The highest BCUT2D eigenvalue weighted by molar-refractivity contribution is 7.92. The number of nitriles is 1. The Bertz CT molecular complexity index is 2210. The molecule has 4 rings (SSSR count). The maximum absolute atomic E-state index is 13.5. The van der Waals surface area contributed by atoms with Crippen LogP contribution >= 0.6 is 0 Å². The maximum atomic E-state index is 13.5. The van der Waals surface area contributed by atoms with Gasteiger partial charge in [0.2, 0.25) is 5.91 Å². The zero-order valence-corrected chi connectivity index (χ0v) is 25.5. The third-order valence-corrected chi connectivity index (χ3v) is 8.90. The van der Waals surface area contributed by atoms with E-state index in [1.54, 1.807) is 6.92 Å². The average molecular weight is 666 g/mol. The van der Waals surface area contributed by atoms with E-state index in [1.807, 2.05) is 6.07 Å². The molecule has 0 bridgehead atoms.